The molecule has 0 aliphatic carbocycles. The lowest BCUT2D eigenvalue weighted by Crippen LogP contribution is -2.01. The molecular weight excluding hydrogens is 209 g/mol. The van der Waals surface area contributed by atoms with Crippen LogP contribution in [0.5, 0.6) is 0 Å². The number of nitrogens with two attached hydrogens (primary N) is 1. The van der Waals surface area contributed by atoms with E-state index in [2.05, 4.69) is 0 Å². The Hall–Kier alpha value is -1.19. The summed E-state index contributed by atoms with van der Waals surface area (Å²) in [5, 5.41) is 2.04. The van der Waals surface area contributed by atoms with Crippen molar-refractivity contribution in [3.05, 3.63) is 47.1 Å². The van der Waals surface area contributed by atoms with Crippen LogP contribution >= 0.6 is 11.3 Å². The molecule has 0 unspecified atom stereocenters. The van der Waals surface area contributed by atoms with E-state index in [0.29, 0.717) is 12.1 Å². The first kappa shape index (κ1) is 10.3. The maximum atomic E-state index is 13.5. The summed E-state index contributed by atoms with van der Waals surface area (Å²) < 4.78 is 13.5. The third kappa shape index (κ3) is 2.25. The van der Waals surface area contributed by atoms with Crippen LogP contribution in [0.1, 0.15) is 5.56 Å². The average molecular weight is 221 g/mol. The van der Waals surface area contributed by atoms with Gasteiger partial charge >= 0.3 is 0 Å². The molecule has 15 heavy (non-hydrogen) atoms. The van der Waals surface area contributed by atoms with Gasteiger partial charge in [0.2, 0.25) is 0 Å². The first-order valence-electron chi connectivity index (χ1n) is 4.83. The fraction of sp³-hybridized carbons (Fsp3) is 0.167. The predicted octanol–water partition coefficient (Wildman–Crippen LogP) is 3.06. The van der Waals surface area contributed by atoms with Crippen molar-refractivity contribution in [1.82, 2.24) is 0 Å². The van der Waals surface area contributed by atoms with Gasteiger partial charge in [-0.05, 0) is 36.0 Å². The second-order valence-electron chi connectivity index (χ2n) is 3.34. The maximum Gasteiger partial charge on any atom is 0.131 e. The van der Waals surface area contributed by atoms with Crippen LogP contribution in [0.3, 0.4) is 0 Å². The Morgan fingerprint density at radius 2 is 2.07 bits per heavy atom. The van der Waals surface area contributed by atoms with E-state index in [-0.39, 0.29) is 5.82 Å². The minimum atomic E-state index is -0.168. The van der Waals surface area contributed by atoms with Gasteiger partial charge in [-0.15, -0.1) is 11.3 Å². The maximum absolute atomic E-state index is 13.5. The number of rotatable bonds is 3. The molecule has 1 heterocycles. The molecule has 3 heteroatoms. The first-order valence-corrected chi connectivity index (χ1v) is 5.71. The van der Waals surface area contributed by atoms with Gasteiger partial charge in [0.15, 0.2) is 0 Å². The molecule has 2 aromatic rings. The van der Waals surface area contributed by atoms with E-state index in [4.69, 9.17) is 5.73 Å². The molecule has 78 valence electrons. The van der Waals surface area contributed by atoms with E-state index in [1.807, 2.05) is 17.5 Å². The van der Waals surface area contributed by atoms with E-state index >= 15 is 0 Å². The zero-order valence-electron chi connectivity index (χ0n) is 8.24. The van der Waals surface area contributed by atoms with Gasteiger partial charge in [0.25, 0.3) is 0 Å². The fourth-order valence-corrected chi connectivity index (χ4v) is 2.45. The summed E-state index contributed by atoms with van der Waals surface area (Å²) in [4.78, 5) is 0.969. The SMILES string of the molecule is NCCc1csc(-c2ccccc2F)c1. The monoisotopic (exact) mass is 221 g/mol. The van der Waals surface area contributed by atoms with Crippen LogP contribution in [-0.2, 0) is 6.42 Å². The number of thiophene rings is 1. The topological polar surface area (TPSA) is 26.0 Å². The van der Waals surface area contributed by atoms with E-state index < -0.39 is 0 Å². The van der Waals surface area contributed by atoms with Gasteiger partial charge in [-0.1, -0.05) is 18.2 Å². The smallest absolute Gasteiger partial charge is 0.131 e. The summed E-state index contributed by atoms with van der Waals surface area (Å²) in [6, 6.07) is 8.84. The van der Waals surface area contributed by atoms with Crippen LogP contribution in [0.4, 0.5) is 4.39 Å². The Labute approximate surface area is 92.4 Å². The normalized spacial score (nSPS) is 10.5. The van der Waals surface area contributed by atoms with Gasteiger partial charge in [0.1, 0.15) is 5.82 Å². The molecular formula is C12H12FNS. The highest BCUT2D eigenvalue weighted by molar-refractivity contribution is 7.13. The standard InChI is InChI=1S/C12H12FNS/c13-11-4-2-1-3-10(11)12-7-9(5-6-14)8-15-12/h1-4,7-8H,5-6,14H2. The van der Waals surface area contributed by atoms with Crippen molar-refractivity contribution < 1.29 is 4.39 Å². The second kappa shape index (κ2) is 4.55. The van der Waals surface area contributed by atoms with Gasteiger partial charge in [0.05, 0.1) is 0 Å². The van der Waals surface area contributed by atoms with Crippen molar-refractivity contribution in [2.75, 3.05) is 6.54 Å². The lowest BCUT2D eigenvalue weighted by atomic mass is 10.1. The zero-order valence-corrected chi connectivity index (χ0v) is 9.06. The van der Waals surface area contributed by atoms with Crippen molar-refractivity contribution in [2.45, 2.75) is 6.42 Å². The van der Waals surface area contributed by atoms with Gasteiger partial charge < -0.3 is 5.73 Å². The van der Waals surface area contributed by atoms with Gasteiger partial charge in [-0.2, -0.15) is 0 Å². The predicted molar refractivity (Wildman–Crippen MR) is 62.5 cm³/mol. The third-order valence-corrected chi connectivity index (χ3v) is 3.24. The van der Waals surface area contributed by atoms with Crippen LogP contribution in [-0.4, -0.2) is 6.54 Å². The summed E-state index contributed by atoms with van der Waals surface area (Å²) in [7, 11) is 0. The highest BCUT2D eigenvalue weighted by Gasteiger charge is 2.06. The first-order chi connectivity index (χ1) is 7.31. The second-order valence-corrected chi connectivity index (χ2v) is 4.25. The zero-order chi connectivity index (χ0) is 10.7. The molecule has 2 rings (SSSR count). The number of halogens is 1. The van der Waals surface area contributed by atoms with E-state index in [1.165, 1.54) is 11.6 Å². The molecule has 0 saturated carbocycles. The van der Waals surface area contributed by atoms with E-state index in [1.54, 1.807) is 23.5 Å². The molecule has 0 fully saturated rings. The lowest BCUT2D eigenvalue weighted by molar-refractivity contribution is 0.631. The van der Waals surface area contributed by atoms with Crippen LogP contribution in [0, 0.1) is 5.82 Å². The van der Waals surface area contributed by atoms with Crippen molar-refractivity contribution in [2.24, 2.45) is 5.73 Å². The van der Waals surface area contributed by atoms with Crippen LogP contribution < -0.4 is 5.73 Å². The summed E-state index contributed by atoms with van der Waals surface area (Å²) in [5.74, 6) is -0.168. The largest absolute Gasteiger partial charge is 0.330 e. The number of hydrogen-bond acceptors (Lipinski definition) is 2. The average Bonchev–Trinajstić information content (AvgIpc) is 2.68. The van der Waals surface area contributed by atoms with Gasteiger partial charge in [-0.3, -0.25) is 0 Å². The molecule has 0 atom stereocenters. The quantitative estimate of drug-likeness (QED) is 0.847. The van der Waals surface area contributed by atoms with E-state index in [9.17, 15) is 4.39 Å². The Morgan fingerprint density at radius 3 is 2.80 bits per heavy atom. The Bertz CT molecular complexity index is 450. The van der Waals surface area contributed by atoms with Crippen molar-refractivity contribution in [3.8, 4) is 10.4 Å². The van der Waals surface area contributed by atoms with Crippen molar-refractivity contribution in [3.63, 3.8) is 0 Å². The Kier molecular flexibility index (Phi) is 3.14. The van der Waals surface area contributed by atoms with Gasteiger partial charge in [-0.25, -0.2) is 4.39 Å². The molecule has 0 spiro atoms. The summed E-state index contributed by atoms with van der Waals surface area (Å²) in [6.45, 7) is 0.632. The van der Waals surface area contributed by atoms with Crippen molar-refractivity contribution in [1.29, 1.82) is 0 Å². The molecule has 1 aromatic heterocycles. The number of benzene rings is 1. The lowest BCUT2D eigenvalue weighted by Gasteiger charge is -1.98. The van der Waals surface area contributed by atoms with Crippen LogP contribution in [0.2, 0.25) is 0 Å². The molecule has 1 nitrogen and oxygen atoms in total. The molecule has 2 N–H and O–H groups in total. The molecule has 0 saturated heterocycles. The highest BCUT2D eigenvalue weighted by Crippen LogP contribution is 2.29. The molecule has 0 radical (unpaired) electrons. The molecule has 0 bridgehead atoms. The molecule has 0 aliphatic heterocycles. The van der Waals surface area contributed by atoms with Gasteiger partial charge in [0, 0.05) is 10.4 Å². The Balaban J connectivity index is 2.33. The number of hydrogen-bond donors (Lipinski definition) is 1. The van der Waals surface area contributed by atoms with Crippen LogP contribution in [0.15, 0.2) is 35.7 Å². The molecule has 0 aliphatic rings. The van der Waals surface area contributed by atoms with Crippen LogP contribution in [0.25, 0.3) is 10.4 Å². The third-order valence-electron chi connectivity index (χ3n) is 2.23. The molecule has 0 amide bonds. The van der Waals surface area contributed by atoms with E-state index in [0.717, 1.165) is 11.3 Å². The summed E-state index contributed by atoms with van der Waals surface area (Å²) in [5.41, 5.74) is 7.32. The Morgan fingerprint density at radius 1 is 1.27 bits per heavy atom. The minimum Gasteiger partial charge on any atom is -0.330 e. The highest BCUT2D eigenvalue weighted by atomic mass is 32.1. The fourth-order valence-electron chi connectivity index (χ4n) is 1.48. The van der Waals surface area contributed by atoms with Crippen molar-refractivity contribution >= 4 is 11.3 Å². The summed E-state index contributed by atoms with van der Waals surface area (Å²) >= 11 is 1.56. The molecule has 1 aromatic carbocycles. The summed E-state index contributed by atoms with van der Waals surface area (Å²) in [6.07, 6.45) is 0.852. The minimum absolute atomic E-state index is 0.168.